The van der Waals surface area contributed by atoms with Gasteiger partial charge in [-0.2, -0.15) is 4.52 Å². The van der Waals surface area contributed by atoms with Crippen LogP contribution in [0.5, 0.6) is 11.5 Å². The smallest absolute Gasteiger partial charge is 0.283 e. The highest BCUT2D eigenvalue weighted by Crippen LogP contribution is 2.34. The van der Waals surface area contributed by atoms with Gasteiger partial charge in [0.2, 0.25) is 16.9 Å². The molecule has 4 aromatic rings. The van der Waals surface area contributed by atoms with Gasteiger partial charge in [0.15, 0.2) is 11.5 Å². The van der Waals surface area contributed by atoms with E-state index in [-0.39, 0.29) is 12.4 Å². The lowest BCUT2D eigenvalue weighted by Crippen LogP contribution is -2.15. The molecule has 1 N–H and O–H groups in total. The fourth-order valence-electron chi connectivity index (χ4n) is 2.55. The van der Waals surface area contributed by atoms with Crippen LogP contribution in [-0.4, -0.2) is 21.4 Å². The van der Waals surface area contributed by atoms with Gasteiger partial charge in [0, 0.05) is 6.07 Å². The van der Waals surface area contributed by atoms with E-state index < -0.39 is 0 Å². The molecule has 5 rings (SSSR count). The zero-order chi connectivity index (χ0) is 16.1. The van der Waals surface area contributed by atoms with Crippen LogP contribution in [0.3, 0.4) is 0 Å². The van der Waals surface area contributed by atoms with Crippen LogP contribution >= 0.6 is 11.3 Å². The summed E-state index contributed by atoms with van der Waals surface area (Å²) in [6.07, 6.45) is 1.61. The zero-order valence-corrected chi connectivity index (χ0v) is 13.0. The van der Waals surface area contributed by atoms with Crippen LogP contribution in [0.2, 0.25) is 0 Å². The highest BCUT2D eigenvalue weighted by molar-refractivity contribution is 7.20. The summed E-state index contributed by atoms with van der Waals surface area (Å²) in [5, 5.41) is 8.45. The van der Waals surface area contributed by atoms with Crippen molar-refractivity contribution < 1.29 is 13.9 Å². The van der Waals surface area contributed by atoms with Crippen LogP contribution in [0.25, 0.3) is 15.9 Å². The molecule has 0 unspecified atom stereocenters. The van der Waals surface area contributed by atoms with Gasteiger partial charge < -0.3 is 19.2 Å². The third-order valence-corrected chi connectivity index (χ3v) is 4.55. The summed E-state index contributed by atoms with van der Waals surface area (Å²) >= 11 is 1.30. The van der Waals surface area contributed by atoms with Crippen LogP contribution in [-0.2, 0) is 6.54 Å². The molecule has 9 heteroatoms. The summed E-state index contributed by atoms with van der Waals surface area (Å²) in [6.45, 7) is 0.636. The van der Waals surface area contributed by atoms with Crippen LogP contribution < -0.4 is 20.3 Å². The van der Waals surface area contributed by atoms with Gasteiger partial charge in [0.25, 0.3) is 5.56 Å². The van der Waals surface area contributed by atoms with Crippen LogP contribution in [0.4, 0.5) is 5.13 Å². The fourth-order valence-corrected chi connectivity index (χ4v) is 3.34. The quantitative estimate of drug-likeness (QED) is 0.610. The van der Waals surface area contributed by atoms with Crippen LogP contribution in [0.15, 0.2) is 39.7 Å². The molecule has 1 aliphatic heterocycles. The van der Waals surface area contributed by atoms with Crippen LogP contribution in [0, 0.1) is 0 Å². The maximum absolute atomic E-state index is 12.7. The van der Waals surface area contributed by atoms with Crippen LogP contribution in [0.1, 0.15) is 5.76 Å². The first kappa shape index (κ1) is 13.4. The monoisotopic (exact) mass is 342 g/mol. The summed E-state index contributed by atoms with van der Waals surface area (Å²) in [5.41, 5.74) is 0.320. The van der Waals surface area contributed by atoms with Crippen molar-refractivity contribution in [3.63, 3.8) is 0 Å². The molecule has 0 spiro atoms. The van der Waals surface area contributed by atoms with Gasteiger partial charge >= 0.3 is 0 Å². The Hall–Kier alpha value is -3.07. The number of furan rings is 1. The van der Waals surface area contributed by atoms with Crippen molar-refractivity contribution >= 4 is 32.3 Å². The van der Waals surface area contributed by atoms with Gasteiger partial charge in [-0.1, -0.05) is 11.3 Å². The summed E-state index contributed by atoms with van der Waals surface area (Å²) in [6, 6.07) is 7.04. The number of fused-ring (bicyclic) bond motifs is 3. The number of hydrogen-bond donors (Lipinski definition) is 1. The largest absolute Gasteiger partial charge is 0.467 e. The maximum atomic E-state index is 12.7. The second-order valence-electron chi connectivity index (χ2n) is 5.17. The molecule has 0 bridgehead atoms. The Balaban J connectivity index is 1.60. The predicted octanol–water partition coefficient (Wildman–Crippen LogP) is 2.24. The third kappa shape index (κ3) is 2.02. The topological polar surface area (TPSA) is 90.9 Å². The van der Waals surface area contributed by atoms with Gasteiger partial charge in [0.05, 0.1) is 23.7 Å². The molecule has 8 nitrogen and oxygen atoms in total. The van der Waals surface area contributed by atoms with E-state index in [4.69, 9.17) is 13.9 Å². The number of hydrogen-bond acceptors (Lipinski definition) is 8. The molecule has 3 aromatic heterocycles. The molecule has 120 valence electrons. The molecule has 1 aliphatic rings. The number of benzene rings is 1. The van der Waals surface area contributed by atoms with Gasteiger partial charge in [0.1, 0.15) is 5.76 Å². The molecule has 0 saturated carbocycles. The van der Waals surface area contributed by atoms with E-state index >= 15 is 0 Å². The fraction of sp³-hybridized carbons (Fsp3) is 0.133. The lowest BCUT2D eigenvalue weighted by Gasteiger charge is -1.99. The van der Waals surface area contributed by atoms with Gasteiger partial charge in [-0.25, -0.2) is 4.98 Å². The SMILES string of the molecule is O=c1c2cc3c(cc2nc2sc(NCc4ccco4)nn12)OCO3. The van der Waals surface area contributed by atoms with E-state index in [2.05, 4.69) is 15.4 Å². The van der Waals surface area contributed by atoms with Gasteiger partial charge in [-0.3, -0.25) is 4.79 Å². The van der Waals surface area contributed by atoms with Crippen molar-refractivity contribution in [3.8, 4) is 11.5 Å². The summed E-state index contributed by atoms with van der Waals surface area (Å²) < 4.78 is 17.2. The highest BCUT2D eigenvalue weighted by atomic mass is 32.1. The molecule has 0 aliphatic carbocycles. The molecule has 0 amide bonds. The maximum Gasteiger partial charge on any atom is 0.283 e. The normalized spacial score (nSPS) is 13.0. The standard InChI is InChI=1S/C15H10N4O4S/c20-13-9-4-11-12(23-7-22-11)5-10(9)17-15-19(13)18-14(24-15)16-6-8-2-1-3-21-8/h1-5H,6-7H2,(H,16,18). The molecular weight excluding hydrogens is 332 g/mol. The molecule has 0 fully saturated rings. The Labute approximate surface area is 138 Å². The molecular formula is C15H10N4O4S. The Morgan fingerprint density at radius 3 is 3.00 bits per heavy atom. The van der Waals surface area contributed by atoms with E-state index in [0.717, 1.165) is 5.76 Å². The number of aromatic nitrogens is 3. The molecule has 0 radical (unpaired) electrons. The predicted molar refractivity (Wildman–Crippen MR) is 86.8 cm³/mol. The lowest BCUT2D eigenvalue weighted by atomic mass is 10.2. The number of nitrogens with one attached hydrogen (secondary N) is 1. The Morgan fingerprint density at radius 1 is 1.29 bits per heavy atom. The Morgan fingerprint density at radius 2 is 2.17 bits per heavy atom. The first-order valence-electron chi connectivity index (χ1n) is 7.17. The minimum Gasteiger partial charge on any atom is -0.467 e. The number of ether oxygens (including phenoxy) is 2. The highest BCUT2D eigenvalue weighted by Gasteiger charge is 2.18. The number of anilines is 1. The van der Waals surface area contributed by atoms with Gasteiger partial charge in [-0.05, 0) is 18.2 Å². The van der Waals surface area contributed by atoms with Crippen molar-refractivity contribution in [2.75, 3.05) is 12.1 Å². The lowest BCUT2D eigenvalue weighted by molar-refractivity contribution is 0.174. The van der Waals surface area contributed by atoms with E-state index in [1.165, 1.54) is 15.9 Å². The van der Waals surface area contributed by atoms with Crippen molar-refractivity contribution in [2.45, 2.75) is 6.54 Å². The van der Waals surface area contributed by atoms with E-state index in [1.54, 1.807) is 18.4 Å². The summed E-state index contributed by atoms with van der Waals surface area (Å²) in [5.74, 6) is 1.93. The average Bonchev–Trinajstić information content (AvgIpc) is 3.31. The number of nitrogens with zero attached hydrogens (tertiary/aromatic N) is 3. The van der Waals surface area contributed by atoms with Crippen molar-refractivity contribution in [2.24, 2.45) is 0 Å². The first-order chi connectivity index (χ1) is 11.8. The average molecular weight is 342 g/mol. The second-order valence-corrected chi connectivity index (χ2v) is 6.13. The second kappa shape index (κ2) is 4.96. The van der Waals surface area contributed by atoms with E-state index in [0.29, 0.717) is 39.0 Å². The van der Waals surface area contributed by atoms with E-state index in [9.17, 15) is 4.79 Å². The molecule has 24 heavy (non-hydrogen) atoms. The van der Waals surface area contributed by atoms with Crippen molar-refractivity contribution in [3.05, 3.63) is 46.6 Å². The molecule has 4 heterocycles. The minimum absolute atomic E-state index is 0.153. The zero-order valence-electron chi connectivity index (χ0n) is 12.2. The van der Waals surface area contributed by atoms with Crippen molar-refractivity contribution in [1.29, 1.82) is 0 Å². The molecule has 0 saturated heterocycles. The Bertz CT molecular complexity index is 1120. The number of rotatable bonds is 3. The summed E-state index contributed by atoms with van der Waals surface area (Å²) in [7, 11) is 0. The first-order valence-corrected chi connectivity index (χ1v) is 7.99. The molecule has 1 aromatic carbocycles. The van der Waals surface area contributed by atoms with Crippen molar-refractivity contribution in [1.82, 2.24) is 14.6 Å². The molecule has 0 atom stereocenters. The van der Waals surface area contributed by atoms with Gasteiger partial charge in [-0.15, -0.1) is 5.10 Å². The third-order valence-electron chi connectivity index (χ3n) is 3.68. The van der Waals surface area contributed by atoms with E-state index in [1.807, 2.05) is 12.1 Å². The Kier molecular flexibility index (Phi) is 2.77. The minimum atomic E-state index is -0.240. The summed E-state index contributed by atoms with van der Waals surface area (Å²) in [4.78, 5) is 17.7.